The molecular formula is C75H100N2O22. The summed E-state index contributed by atoms with van der Waals surface area (Å²) in [6.45, 7) is 19.4. The van der Waals surface area contributed by atoms with E-state index in [4.69, 9.17) is 56.8 Å². The Morgan fingerprint density at radius 2 is 0.949 bits per heavy atom. The van der Waals surface area contributed by atoms with Crippen molar-refractivity contribution in [3.05, 3.63) is 95.2 Å². The fourth-order valence-corrected chi connectivity index (χ4v) is 18.0. The molecule has 2 saturated carbocycles. The van der Waals surface area contributed by atoms with E-state index in [1.807, 2.05) is 102 Å². The lowest BCUT2D eigenvalue weighted by Crippen LogP contribution is -2.57. The van der Waals surface area contributed by atoms with Crippen LogP contribution < -0.4 is 0 Å². The molecule has 12 aliphatic rings. The van der Waals surface area contributed by atoms with Crippen LogP contribution in [0.1, 0.15) is 113 Å². The molecule has 99 heavy (non-hydrogen) atoms. The molecule has 0 aromatic carbocycles. The minimum Gasteiger partial charge on any atom is -0.456 e. The van der Waals surface area contributed by atoms with Crippen LogP contribution in [-0.2, 0) is 95.2 Å². The molecule has 2 spiro atoms. The van der Waals surface area contributed by atoms with Crippen molar-refractivity contribution in [3.8, 4) is 0 Å². The Kier molecular flexibility index (Phi) is 23.3. The number of nitrogens with zero attached hydrogens (tertiary/aromatic N) is 2. The molecule has 6 aliphatic heterocycles. The predicted octanol–water partition coefficient (Wildman–Crippen LogP) is 6.06. The number of carbonyl (C=O) groups excluding carboxylic acids is 8. The van der Waals surface area contributed by atoms with Gasteiger partial charge in [-0.15, -0.1) is 0 Å². The molecular weight excluding hydrogens is 1280 g/mol. The van der Waals surface area contributed by atoms with E-state index >= 15 is 0 Å². The van der Waals surface area contributed by atoms with E-state index in [0.29, 0.717) is 37.1 Å². The molecule has 6 heterocycles. The molecule has 0 radical (unpaired) electrons. The van der Waals surface area contributed by atoms with Gasteiger partial charge in [0.1, 0.15) is 73.2 Å². The van der Waals surface area contributed by atoms with Crippen LogP contribution in [-0.4, -0.2) is 219 Å². The number of hydrogen-bond acceptors (Lipinski definition) is 24. The third-order valence-electron chi connectivity index (χ3n) is 23.1. The Morgan fingerprint density at radius 1 is 0.566 bits per heavy atom. The molecule has 8 bridgehead atoms. The third kappa shape index (κ3) is 14.8. The molecule has 4 saturated heterocycles. The van der Waals surface area contributed by atoms with Crippen molar-refractivity contribution in [1.29, 1.82) is 0 Å². The van der Waals surface area contributed by atoms with Crippen molar-refractivity contribution in [2.45, 2.75) is 198 Å². The predicted molar refractivity (Wildman–Crippen MR) is 354 cm³/mol. The lowest BCUT2D eigenvalue weighted by molar-refractivity contribution is -0.184. The number of carbonyl (C=O) groups is 8. The van der Waals surface area contributed by atoms with Crippen LogP contribution in [0, 0.1) is 59.2 Å². The van der Waals surface area contributed by atoms with E-state index in [1.54, 1.807) is 26.0 Å². The highest BCUT2D eigenvalue weighted by Gasteiger charge is 2.71. The zero-order valence-corrected chi connectivity index (χ0v) is 58.6. The number of likely N-dealkylation sites (tertiary alicyclic amines) is 2. The fraction of sp³-hybridized carbons (Fsp3) is 0.680. The summed E-state index contributed by atoms with van der Waals surface area (Å²) in [5.74, 6) is -10.5. The van der Waals surface area contributed by atoms with Gasteiger partial charge < -0.3 is 67.1 Å². The van der Waals surface area contributed by atoms with E-state index in [-0.39, 0.29) is 61.6 Å². The first kappa shape index (κ1) is 73.6. The molecule has 6 aliphatic carbocycles. The molecule has 24 nitrogen and oxygen atoms in total. The number of aliphatic hydroxyl groups excluding tert-OH is 2. The van der Waals surface area contributed by atoms with Crippen LogP contribution in [0.2, 0.25) is 0 Å². The number of rotatable bonds is 16. The Balaban J connectivity index is 0.000000200. The Bertz CT molecular complexity index is 3300. The number of allylic oxidation sites excluding steroid dienone is 6. The van der Waals surface area contributed by atoms with Crippen LogP contribution in [0.15, 0.2) is 95.2 Å². The summed E-state index contributed by atoms with van der Waals surface area (Å²) in [6, 6.07) is 0. The minimum absolute atomic E-state index is 0.0784. The molecule has 0 aromatic rings. The standard InChI is InChI=1S/C38H51NO11.C37H49NO11/c1-21-19-22(2)38-26(13-14-27-29(38)30(40)23(3)32(33(27)50-38)49-34(41)25-11-7-8-12-25)20-28(45-5)35(42)48-31(21)24(4)47-37(44)36(43)46-18-17-39-15-9-6-10-16-39;1-20-18-21(2)37-25(12-13-26-28(37)29(39)22(3)31(32(26)49-37)48-33(40)24-10-6-7-11-24)19-27(44-5)34(41)47-30(20)23(4)46-36(43)35(42)45-17-16-38-14-8-9-15-38/h7-8,11,13-14,19,21,23-24,26-33,40H,6,9-10,12,15-18,20H2,1-5H3;6-7,10,12-13,18,20,22-23,25-32,39H,8-9,11,14-17,19H2,1-5H3/b22-19+;21-18+/t21-,23-,24-,26-,27?,28+,29?,30-,31+,32-,33-,38+;20-,22-,23-,25-,26?,27+,28?,29-,30+,31-,32-,37+/m11/s1. The average Bonchev–Trinajstić information content (AvgIpc) is 1.53. The van der Waals surface area contributed by atoms with Crippen LogP contribution in [0.4, 0.5) is 0 Å². The third-order valence-corrected chi connectivity index (χ3v) is 23.1. The molecule has 12 rings (SSSR count). The minimum atomic E-state index is -1.16. The summed E-state index contributed by atoms with van der Waals surface area (Å²) in [5.41, 5.74) is 0.643. The van der Waals surface area contributed by atoms with Gasteiger partial charge in [-0.1, -0.05) is 107 Å². The first-order chi connectivity index (χ1) is 47.4. The summed E-state index contributed by atoms with van der Waals surface area (Å²) < 4.78 is 70.9. The zero-order chi connectivity index (χ0) is 70.8. The Hall–Kier alpha value is -6.64. The maximum atomic E-state index is 13.7. The van der Waals surface area contributed by atoms with Gasteiger partial charge in [-0.2, -0.15) is 0 Å². The topological polar surface area (TPSA) is 294 Å². The second-order valence-corrected chi connectivity index (χ2v) is 29.1. The van der Waals surface area contributed by atoms with E-state index in [2.05, 4.69) is 9.80 Å². The van der Waals surface area contributed by atoms with Gasteiger partial charge in [0.15, 0.2) is 12.2 Å². The Labute approximate surface area is 579 Å². The normalized spacial score (nSPS) is 39.8. The lowest BCUT2D eigenvalue weighted by Gasteiger charge is -2.49. The number of ether oxygens (including phenoxy) is 12. The average molecular weight is 1380 g/mol. The van der Waals surface area contributed by atoms with Crippen molar-refractivity contribution in [2.24, 2.45) is 59.2 Å². The first-order valence-electron chi connectivity index (χ1n) is 35.7. The number of esters is 8. The van der Waals surface area contributed by atoms with Crippen molar-refractivity contribution in [3.63, 3.8) is 0 Å². The highest BCUT2D eigenvalue weighted by atomic mass is 16.6. The quantitative estimate of drug-likeness (QED) is 0.0768. The van der Waals surface area contributed by atoms with Gasteiger partial charge in [0.2, 0.25) is 0 Å². The maximum Gasteiger partial charge on any atom is 0.417 e. The van der Waals surface area contributed by atoms with E-state index in [1.165, 1.54) is 20.6 Å². The molecule has 24 atom stereocenters. The monoisotopic (exact) mass is 1380 g/mol. The van der Waals surface area contributed by atoms with E-state index in [9.17, 15) is 48.6 Å². The molecule has 24 heteroatoms. The smallest absolute Gasteiger partial charge is 0.417 e. The number of cyclic esters (lactones) is 2. The van der Waals surface area contributed by atoms with Gasteiger partial charge in [-0.3, -0.25) is 9.80 Å². The van der Waals surface area contributed by atoms with Gasteiger partial charge >= 0.3 is 47.8 Å². The number of hydrogen-bond donors (Lipinski definition) is 2. The number of methoxy groups -OCH3 is 2. The van der Waals surface area contributed by atoms with Gasteiger partial charge in [0, 0.05) is 97.6 Å². The molecule has 4 unspecified atom stereocenters. The number of piperidine rings is 1. The van der Waals surface area contributed by atoms with Crippen LogP contribution >= 0.6 is 0 Å². The van der Waals surface area contributed by atoms with Crippen LogP contribution in [0.5, 0.6) is 0 Å². The van der Waals surface area contributed by atoms with Gasteiger partial charge in [-0.25, -0.2) is 38.4 Å². The fourth-order valence-electron chi connectivity index (χ4n) is 18.0. The zero-order valence-electron chi connectivity index (χ0n) is 58.6. The van der Waals surface area contributed by atoms with Gasteiger partial charge in [0.25, 0.3) is 0 Å². The molecule has 6 fully saturated rings. The molecule has 2 N–H and O–H groups in total. The molecule has 0 amide bonds. The first-order valence-corrected chi connectivity index (χ1v) is 35.7. The van der Waals surface area contributed by atoms with Crippen molar-refractivity contribution in [2.75, 3.05) is 66.7 Å². The second-order valence-electron chi connectivity index (χ2n) is 29.1. The van der Waals surface area contributed by atoms with Gasteiger partial charge in [-0.05, 0) is 116 Å². The maximum absolute atomic E-state index is 13.7. The summed E-state index contributed by atoms with van der Waals surface area (Å²) >= 11 is 0. The molecule has 0 aromatic heterocycles. The summed E-state index contributed by atoms with van der Waals surface area (Å²) in [4.78, 5) is 108. The lowest BCUT2D eigenvalue weighted by atomic mass is 9.57. The summed E-state index contributed by atoms with van der Waals surface area (Å²) in [5, 5.41) is 23.9. The van der Waals surface area contributed by atoms with E-state index < -0.39 is 156 Å². The van der Waals surface area contributed by atoms with Crippen molar-refractivity contribution < 1.29 is 105 Å². The van der Waals surface area contributed by atoms with Crippen LogP contribution in [0.25, 0.3) is 0 Å². The molecule has 542 valence electrons. The second kappa shape index (κ2) is 31.3. The summed E-state index contributed by atoms with van der Waals surface area (Å²) in [7, 11) is 2.85. The SMILES string of the molecule is CO[C@H]1C[C@H]2C=CC3C4[C@H](O)[C@@H](C)[C@@H](OC(=O)C5=CC=CC5)[C@@H]3O[C@]42/C(C)=C/[C@@H](C)[C@@H]([C@@H](C)OC(=O)C(=O)OCCN2CCCC2)OC1=O.CO[C@H]1C[C@H]2C=CC3C4[C@H](O)[C@@H](C)[C@@H](OC(=O)C5=CC=CC5)[C@@H]3O[C@]42/C(C)=C/[C@@H](C)[C@@H]([C@@H](C)OC(=O)C(=O)OCCN2CCCCC2)OC1=O. The largest absolute Gasteiger partial charge is 0.456 e. The Morgan fingerprint density at radius 3 is 1.31 bits per heavy atom. The van der Waals surface area contributed by atoms with Gasteiger partial charge in [0.05, 0.1) is 12.2 Å². The number of aliphatic hydroxyl groups is 2. The van der Waals surface area contributed by atoms with Crippen molar-refractivity contribution in [1.82, 2.24) is 9.80 Å². The highest BCUT2D eigenvalue weighted by Crippen LogP contribution is 2.63. The van der Waals surface area contributed by atoms with Crippen LogP contribution in [0.3, 0.4) is 0 Å². The van der Waals surface area contributed by atoms with Crippen molar-refractivity contribution >= 4 is 47.8 Å². The summed E-state index contributed by atoms with van der Waals surface area (Å²) in [6.07, 6.45) is 19.6. The van der Waals surface area contributed by atoms with E-state index in [0.717, 1.165) is 63.0 Å². The highest BCUT2D eigenvalue weighted by molar-refractivity contribution is 6.30.